The van der Waals surface area contributed by atoms with E-state index < -0.39 is 0 Å². The molecule has 0 aliphatic rings. The normalized spacial score (nSPS) is 11.4. The smallest absolute Gasteiger partial charge is 0.249 e. The van der Waals surface area contributed by atoms with Crippen molar-refractivity contribution in [2.45, 2.75) is 39.2 Å². The lowest BCUT2D eigenvalue weighted by atomic mass is 10.0. The number of nitrogens with zero attached hydrogens (tertiary/aromatic N) is 1. The Morgan fingerprint density at radius 1 is 1.07 bits per heavy atom. The molecule has 0 fully saturated rings. The zero-order valence-corrected chi connectivity index (χ0v) is 16.4. The molecule has 0 spiro atoms. The Kier molecular flexibility index (Phi) is 4.99. The van der Waals surface area contributed by atoms with Crippen molar-refractivity contribution in [2.24, 2.45) is 5.73 Å². The van der Waals surface area contributed by atoms with Gasteiger partial charge >= 0.3 is 0 Å². The van der Waals surface area contributed by atoms with Gasteiger partial charge in [-0.1, -0.05) is 44.0 Å². The highest BCUT2D eigenvalue weighted by Crippen LogP contribution is 2.33. The second-order valence-corrected chi connectivity index (χ2v) is 8.07. The molecule has 4 heteroatoms. The number of aromatic nitrogens is 1. The van der Waals surface area contributed by atoms with Gasteiger partial charge in [0.15, 0.2) is 0 Å². The molecule has 2 aromatic carbocycles. The number of fused-ring (bicyclic) bond motifs is 3. The summed E-state index contributed by atoms with van der Waals surface area (Å²) in [5, 5.41) is 4.18. The number of nitrogens with two attached hydrogens (primary N) is 1. The predicted octanol–water partition coefficient (Wildman–Crippen LogP) is 5.74. The molecule has 0 radical (unpaired) electrons. The number of benzene rings is 2. The van der Waals surface area contributed by atoms with Gasteiger partial charge in [-0.15, -0.1) is 11.3 Å². The lowest BCUT2D eigenvalue weighted by Crippen LogP contribution is -2.11. The first-order valence-corrected chi connectivity index (χ1v) is 10.4. The van der Waals surface area contributed by atoms with Crippen LogP contribution < -0.4 is 5.73 Å². The van der Waals surface area contributed by atoms with Crippen molar-refractivity contribution < 1.29 is 4.79 Å². The van der Waals surface area contributed by atoms with E-state index in [0.29, 0.717) is 5.56 Å². The minimum absolute atomic E-state index is 0.372. The van der Waals surface area contributed by atoms with Gasteiger partial charge in [-0.2, -0.15) is 0 Å². The average Bonchev–Trinajstić information content (AvgIpc) is 3.29. The molecule has 4 rings (SSSR count). The van der Waals surface area contributed by atoms with Gasteiger partial charge in [-0.05, 0) is 48.1 Å². The van der Waals surface area contributed by atoms with Crippen LogP contribution in [0.25, 0.3) is 21.8 Å². The first kappa shape index (κ1) is 17.8. The second kappa shape index (κ2) is 7.57. The lowest BCUT2D eigenvalue weighted by Gasteiger charge is -2.07. The Bertz CT molecular complexity index is 1090. The van der Waals surface area contributed by atoms with Crippen LogP contribution in [0.2, 0.25) is 0 Å². The number of rotatable bonds is 7. The number of amides is 1. The van der Waals surface area contributed by atoms with E-state index in [9.17, 15) is 4.79 Å². The summed E-state index contributed by atoms with van der Waals surface area (Å²) in [4.78, 5) is 13.3. The fourth-order valence-electron chi connectivity index (χ4n) is 3.86. The van der Waals surface area contributed by atoms with Gasteiger partial charge in [0.1, 0.15) is 0 Å². The lowest BCUT2D eigenvalue weighted by molar-refractivity contribution is 0.100. The van der Waals surface area contributed by atoms with E-state index in [2.05, 4.69) is 53.3 Å². The van der Waals surface area contributed by atoms with Crippen LogP contribution in [0.5, 0.6) is 0 Å². The van der Waals surface area contributed by atoms with Gasteiger partial charge in [0, 0.05) is 26.7 Å². The molecule has 0 saturated heterocycles. The van der Waals surface area contributed by atoms with Crippen LogP contribution >= 0.6 is 11.3 Å². The van der Waals surface area contributed by atoms with Crippen molar-refractivity contribution in [2.75, 3.05) is 0 Å². The zero-order chi connectivity index (χ0) is 18.8. The van der Waals surface area contributed by atoms with Crippen molar-refractivity contribution >= 4 is 39.0 Å². The summed E-state index contributed by atoms with van der Waals surface area (Å²) >= 11 is 1.76. The molecule has 27 heavy (non-hydrogen) atoms. The number of carbonyl (C=O) groups is 1. The first-order valence-electron chi connectivity index (χ1n) is 9.55. The number of hydrogen-bond donors (Lipinski definition) is 1. The van der Waals surface area contributed by atoms with E-state index in [-0.39, 0.29) is 5.91 Å². The van der Waals surface area contributed by atoms with Crippen LogP contribution in [0.1, 0.15) is 47.0 Å². The maximum absolute atomic E-state index is 12.0. The summed E-state index contributed by atoms with van der Waals surface area (Å²) in [5.74, 6) is -0.372. The fraction of sp³-hybridized carbons (Fsp3) is 0.261. The Hall–Kier alpha value is -2.59. The molecular formula is C23H24N2OS. The van der Waals surface area contributed by atoms with E-state index in [4.69, 9.17) is 5.73 Å². The molecule has 0 atom stereocenters. The number of primary amides is 1. The highest BCUT2D eigenvalue weighted by Gasteiger charge is 2.17. The molecule has 1 amide bonds. The van der Waals surface area contributed by atoms with E-state index in [1.165, 1.54) is 35.2 Å². The van der Waals surface area contributed by atoms with E-state index >= 15 is 0 Å². The molecule has 138 valence electrons. The Morgan fingerprint density at radius 3 is 2.70 bits per heavy atom. The highest BCUT2D eigenvalue weighted by atomic mass is 32.1. The molecule has 0 saturated carbocycles. The number of thiophene rings is 1. The molecule has 0 aliphatic heterocycles. The van der Waals surface area contributed by atoms with Crippen molar-refractivity contribution in [3.8, 4) is 0 Å². The minimum atomic E-state index is -0.372. The average molecular weight is 377 g/mol. The summed E-state index contributed by atoms with van der Waals surface area (Å²) < 4.78 is 2.33. The minimum Gasteiger partial charge on any atom is -0.366 e. The molecule has 0 bridgehead atoms. The Morgan fingerprint density at radius 2 is 1.96 bits per heavy atom. The van der Waals surface area contributed by atoms with E-state index in [1.54, 1.807) is 11.3 Å². The zero-order valence-electron chi connectivity index (χ0n) is 15.6. The number of carbonyl (C=O) groups excluding carboxylic acids is 1. The third-order valence-electron chi connectivity index (χ3n) is 5.18. The largest absolute Gasteiger partial charge is 0.366 e. The Balaban J connectivity index is 1.92. The molecule has 3 nitrogen and oxygen atoms in total. The predicted molar refractivity (Wildman–Crippen MR) is 115 cm³/mol. The molecule has 0 unspecified atom stereocenters. The summed E-state index contributed by atoms with van der Waals surface area (Å²) in [7, 11) is 0. The maximum atomic E-state index is 12.0. The van der Waals surface area contributed by atoms with Crippen LogP contribution in [0.15, 0.2) is 53.9 Å². The fourth-order valence-corrected chi connectivity index (χ4v) is 4.55. The number of hydrogen-bond acceptors (Lipinski definition) is 2. The SMILES string of the molecule is CCCCCc1ccc2c3c(C(N)=O)cccc3n(Cc3cccs3)c2c1. The van der Waals surface area contributed by atoms with Crippen LogP contribution in [-0.2, 0) is 13.0 Å². The summed E-state index contributed by atoms with van der Waals surface area (Å²) in [6, 6.07) is 16.7. The van der Waals surface area contributed by atoms with Crippen molar-refractivity contribution in [3.63, 3.8) is 0 Å². The van der Waals surface area contributed by atoms with Gasteiger partial charge < -0.3 is 10.3 Å². The summed E-state index contributed by atoms with van der Waals surface area (Å²) in [6.45, 7) is 3.03. The van der Waals surface area contributed by atoms with Gasteiger partial charge in [0.2, 0.25) is 5.91 Å². The standard InChI is InChI=1S/C23H24N2OS/c1-2-3-4-7-16-11-12-18-21(14-16)25(15-17-8-6-13-27-17)20-10-5-9-19(22(18)20)23(24)26/h5-6,8-14H,2-4,7,15H2,1H3,(H2,24,26). The number of aryl methyl sites for hydroxylation is 1. The molecule has 4 aromatic rings. The summed E-state index contributed by atoms with van der Waals surface area (Å²) in [6.07, 6.45) is 4.78. The van der Waals surface area contributed by atoms with E-state index in [0.717, 1.165) is 29.3 Å². The molecular weight excluding hydrogens is 352 g/mol. The van der Waals surface area contributed by atoms with Crippen molar-refractivity contribution in [1.82, 2.24) is 4.57 Å². The first-order chi connectivity index (χ1) is 13.2. The van der Waals surface area contributed by atoms with Gasteiger partial charge in [-0.25, -0.2) is 0 Å². The maximum Gasteiger partial charge on any atom is 0.249 e. The van der Waals surface area contributed by atoms with Crippen molar-refractivity contribution in [1.29, 1.82) is 0 Å². The van der Waals surface area contributed by atoms with Gasteiger partial charge in [0.25, 0.3) is 0 Å². The van der Waals surface area contributed by atoms with Crippen LogP contribution in [0.3, 0.4) is 0 Å². The molecule has 2 aromatic heterocycles. The van der Waals surface area contributed by atoms with Gasteiger partial charge in [-0.3, -0.25) is 4.79 Å². The van der Waals surface area contributed by atoms with Crippen LogP contribution in [-0.4, -0.2) is 10.5 Å². The van der Waals surface area contributed by atoms with Crippen molar-refractivity contribution in [3.05, 3.63) is 69.9 Å². The summed E-state index contributed by atoms with van der Waals surface area (Å²) in [5.41, 5.74) is 9.88. The van der Waals surface area contributed by atoms with Crippen LogP contribution in [0, 0.1) is 0 Å². The monoisotopic (exact) mass is 376 g/mol. The quantitative estimate of drug-likeness (QED) is 0.411. The molecule has 2 heterocycles. The third kappa shape index (κ3) is 3.37. The van der Waals surface area contributed by atoms with Gasteiger partial charge in [0.05, 0.1) is 12.1 Å². The Labute approximate surface area is 163 Å². The van der Waals surface area contributed by atoms with E-state index in [1.807, 2.05) is 12.1 Å². The topological polar surface area (TPSA) is 48.0 Å². The highest BCUT2D eigenvalue weighted by molar-refractivity contribution is 7.09. The molecule has 0 aliphatic carbocycles. The molecule has 2 N–H and O–H groups in total. The second-order valence-electron chi connectivity index (χ2n) is 7.04. The number of unbranched alkanes of at least 4 members (excludes halogenated alkanes) is 2. The van der Waals surface area contributed by atoms with Crippen LogP contribution in [0.4, 0.5) is 0 Å². The third-order valence-corrected chi connectivity index (χ3v) is 6.05.